The lowest BCUT2D eigenvalue weighted by atomic mass is 9.92. The van der Waals surface area contributed by atoms with E-state index in [1.807, 2.05) is 6.07 Å². The molecule has 2 aromatic rings. The van der Waals surface area contributed by atoms with Gasteiger partial charge >= 0.3 is 0 Å². The minimum absolute atomic E-state index is 0.0403. The summed E-state index contributed by atoms with van der Waals surface area (Å²) in [6, 6.07) is 19.1. The van der Waals surface area contributed by atoms with E-state index in [0.29, 0.717) is 0 Å². The molecular formula is C20H26N2O2S. The number of sulfonamides is 1. The molecule has 0 bridgehead atoms. The van der Waals surface area contributed by atoms with Crippen molar-refractivity contribution in [1.82, 2.24) is 10.0 Å². The Kier molecular flexibility index (Phi) is 5.89. The molecule has 0 unspecified atom stereocenters. The molecule has 1 fully saturated rings. The first-order chi connectivity index (χ1) is 12.0. The van der Waals surface area contributed by atoms with Crippen molar-refractivity contribution in [2.45, 2.75) is 37.8 Å². The molecular weight excluding hydrogens is 332 g/mol. The fourth-order valence-corrected chi connectivity index (χ4v) is 4.37. The maximum Gasteiger partial charge on any atom is 0.209 e. The first-order valence-corrected chi connectivity index (χ1v) is 10.7. The predicted octanol–water partition coefficient (Wildman–Crippen LogP) is 2.49. The van der Waals surface area contributed by atoms with Crippen molar-refractivity contribution in [3.8, 4) is 0 Å². The summed E-state index contributed by atoms with van der Waals surface area (Å²) in [5.41, 5.74) is 3.83. The highest BCUT2D eigenvalue weighted by molar-refractivity contribution is 7.88. The Bertz CT molecular complexity index is 790. The molecule has 1 aliphatic rings. The van der Waals surface area contributed by atoms with Gasteiger partial charge in [0.15, 0.2) is 0 Å². The molecule has 2 aromatic carbocycles. The number of hydrogen-bond donors (Lipinski definition) is 2. The third-order valence-corrected chi connectivity index (χ3v) is 5.38. The SMILES string of the molecule is CS(=O)(=O)N[C@@H]1CCCN[C@@H]1Cc1cccc(Cc2ccccc2)c1. The molecule has 25 heavy (non-hydrogen) atoms. The summed E-state index contributed by atoms with van der Waals surface area (Å²) in [4.78, 5) is 0. The van der Waals surface area contributed by atoms with Crippen LogP contribution < -0.4 is 10.0 Å². The van der Waals surface area contributed by atoms with Crippen LogP contribution in [0.2, 0.25) is 0 Å². The van der Waals surface area contributed by atoms with Crippen LogP contribution in [0.1, 0.15) is 29.5 Å². The van der Waals surface area contributed by atoms with Crippen LogP contribution in [0, 0.1) is 0 Å². The van der Waals surface area contributed by atoms with E-state index in [1.54, 1.807) is 0 Å². The second-order valence-corrected chi connectivity index (χ2v) is 8.67. The fourth-order valence-electron chi connectivity index (χ4n) is 3.54. The van der Waals surface area contributed by atoms with E-state index in [9.17, 15) is 8.42 Å². The summed E-state index contributed by atoms with van der Waals surface area (Å²) >= 11 is 0. The molecule has 0 saturated carbocycles. The second-order valence-electron chi connectivity index (χ2n) is 6.89. The molecule has 3 rings (SSSR count). The van der Waals surface area contributed by atoms with Crippen molar-refractivity contribution in [2.75, 3.05) is 12.8 Å². The second kappa shape index (κ2) is 8.13. The monoisotopic (exact) mass is 358 g/mol. The summed E-state index contributed by atoms with van der Waals surface area (Å²) in [5, 5.41) is 3.48. The van der Waals surface area contributed by atoms with Crippen molar-refractivity contribution >= 4 is 10.0 Å². The van der Waals surface area contributed by atoms with Gasteiger partial charge in [0.2, 0.25) is 10.0 Å². The van der Waals surface area contributed by atoms with Gasteiger partial charge in [-0.2, -0.15) is 0 Å². The Morgan fingerprint density at radius 3 is 2.52 bits per heavy atom. The Morgan fingerprint density at radius 2 is 1.76 bits per heavy atom. The summed E-state index contributed by atoms with van der Waals surface area (Å²) in [7, 11) is -3.19. The molecule has 1 aliphatic heterocycles. The topological polar surface area (TPSA) is 58.2 Å². The minimum Gasteiger partial charge on any atom is -0.312 e. The highest BCUT2D eigenvalue weighted by Gasteiger charge is 2.27. The van der Waals surface area contributed by atoms with E-state index >= 15 is 0 Å². The zero-order valence-corrected chi connectivity index (χ0v) is 15.4. The van der Waals surface area contributed by atoms with Gasteiger partial charge in [-0.15, -0.1) is 0 Å². The van der Waals surface area contributed by atoms with Gasteiger partial charge in [0.05, 0.1) is 6.26 Å². The van der Waals surface area contributed by atoms with Crippen LogP contribution in [0.15, 0.2) is 54.6 Å². The first kappa shape index (κ1) is 18.1. The van der Waals surface area contributed by atoms with Crippen molar-refractivity contribution in [3.63, 3.8) is 0 Å². The number of benzene rings is 2. The van der Waals surface area contributed by atoms with Gasteiger partial charge in [0.25, 0.3) is 0 Å². The number of piperidine rings is 1. The molecule has 134 valence electrons. The van der Waals surface area contributed by atoms with Crippen LogP contribution in [0.3, 0.4) is 0 Å². The quantitative estimate of drug-likeness (QED) is 0.834. The van der Waals surface area contributed by atoms with Crippen molar-refractivity contribution in [2.24, 2.45) is 0 Å². The number of nitrogens with one attached hydrogen (secondary N) is 2. The van der Waals surface area contributed by atoms with E-state index in [4.69, 9.17) is 0 Å². The van der Waals surface area contributed by atoms with Crippen LogP contribution in [-0.2, 0) is 22.9 Å². The van der Waals surface area contributed by atoms with Crippen LogP contribution in [0.5, 0.6) is 0 Å². The molecule has 0 aromatic heterocycles. The predicted molar refractivity (Wildman–Crippen MR) is 102 cm³/mol. The van der Waals surface area contributed by atoms with E-state index in [0.717, 1.165) is 32.2 Å². The fraction of sp³-hybridized carbons (Fsp3) is 0.400. The smallest absolute Gasteiger partial charge is 0.209 e. The molecule has 0 spiro atoms. The molecule has 2 N–H and O–H groups in total. The molecule has 2 atom stereocenters. The van der Waals surface area contributed by atoms with Crippen LogP contribution in [0.25, 0.3) is 0 Å². The average molecular weight is 359 g/mol. The molecule has 0 amide bonds. The molecule has 1 saturated heterocycles. The zero-order valence-electron chi connectivity index (χ0n) is 14.6. The standard InChI is InChI=1S/C20H26N2O2S/c1-25(23,24)22-19-11-6-12-21-20(19)15-18-10-5-9-17(14-18)13-16-7-3-2-4-8-16/h2-5,7-10,14,19-22H,6,11-13,15H2,1H3/t19-,20-/m1/s1. The third-order valence-electron chi connectivity index (χ3n) is 4.65. The van der Waals surface area contributed by atoms with Crippen molar-refractivity contribution in [1.29, 1.82) is 0 Å². The summed E-state index contributed by atoms with van der Waals surface area (Å²) < 4.78 is 26.0. The highest BCUT2D eigenvalue weighted by Crippen LogP contribution is 2.17. The zero-order chi connectivity index (χ0) is 17.7. The van der Waals surface area contributed by atoms with Gasteiger partial charge in [-0.3, -0.25) is 0 Å². The molecule has 0 aliphatic carbocycles. The van der Waals surface area contributed by atoms with Gasteiger partial charge in [0.1, 0.15) is 0 Å². The first-order valence-electron chi connectivity index (χ1n) is 8.82. The Hall–Kier alpha value is -1.69. The Balaban J connectivity index is 1.70. The van der Waals surface area contributed by atoms with Crippen molar-refractivity contribution in [3.05, 3.63) is 71.3 Å². The number of rotatable bonds is 6. The summed E-state index contributed by atoms with van der Waals surface area (Å²) in [6.45, 7) is 0.941. The van der Waals surface area contributed by atoms with Gasteiger partial charge in [-0.25, -0.2) is 13.1 Å². The lowest BCUT2D eigenvalue weighted by Gasteiger charge is -2.33. The van der Waals surface area contributed by atoms with E-state index < -0.39 is 10.0 Å². The third kappa shape index (κ3) is 5.66. The largest absolute Gasteiger partial charge is 0.312 e. The van der Waals surface area contributed by atoms with Gasteiger partial charge < -0.3 is 5.32 Å². The van der Waals surface area contributed by atoms with E-state index in [2.05, 4.69) is 58.6 Å². The van der Waals surface area contributed by atoms with Crippen LogP contribution in [-0.4, -0.2) is 33.3 Å². The Labute approximate surface area is 150 Å². The molecule has 1 heterocycles. The normalized spacial score (nSPS) is 21.2. The average Bonchev–Trinajstić information content (AvgIpc) is 2.57. The van der Waals surface area contributed by atoms with Crippen LogP contribution in [0.4, 0.5) is 0 Å². The van der Waals surface area contributed by atoms with Gasteiger partial charge in [-0.05, 0) is 48.9 Å². The summed E-state index contributed by atoms with van der Waals surface area (Å²) in [5.74, 6) is 0. The Morgan fingerprint density at radius 1 is 1.04 bits per heavy atom. The summed E-state index contributed by atoms with van der Waals surface area (Å²) in [6.07, 6.45) is 4.86. The lowest BCUT2D eigenvalue weighted by molar-refractivity contribution is 0.329. The molecule has 0 radical (unpaired) electrons. The van der Waals surface area contributed by atoms with Gasteiger partial charge in [0, 0.05) is 12.1 Å². The maximum absolute atomic E-state index is 11.6. The van der Waals surface area contributed by atoms with E-state index in [-0.39, 0.29) is 12.1 Å². The molecule has 4 nitrogen and oxygen atoms in total. The lowest BCUT2D eigenvalue weighted by Crippen LogP contribution is -2.54. The van der Waals surface area contributed by atoms with Crippen molar-refractivity contribution < 1.29 is 8.42 Å². The van der Waals surface area contributed by atoms with E-state index in [1.165, 1.54) is 22.9 Å². The van der Waals surface area contributed by atoms with Gasteiger partial charge in [-0.1, -0.05) is 54.6 Å². The highest BCUT2D eigenvalue weighted by atomic mass is 32.2. The van der Waals surface area contributed by atoms with Crippen LogP contribution >= 0.6 is 0 Å². The molecule has 5 heteroatoms. The number of hydrogen-bond acceptors (Lipinski definition) is 3. The maximum atomic E-state index is 11.6. The minimum atomic E-state index is -3.19.